The van der Waals surface area contributed by atoms with Crippen LogP contribution in [0.4, 0.5) is 9.18 Å². The van der Waals surface area contributed by atoms with Gasteiger partial charge in [0, 0.05) is 19.0 Å². The summed E-state index contributed by atoms with van der Waals surface area (Å²) in [4.78, 5) is 25.1. The van der Waals surface area contributed by atoms with E-state index in [9.17, 15) is 19.1 Å². The second kappa shape index (κ2) is 7.89. The van der Waals surface area contributed by atoms with Gasteiger partial charge < -0.3 is 14.7 Å². The largest absolute Gasteiger partial charge is 0.481 e. The maximum absolute atomic E-state index is 13.4. The van der Waals surface area contributed by atoms with Gasteiger partial charge in [-0.05, 0) is 57.4 Å². The molecule has 2 rings (SSSR count). The lowest BCUT2D eigenvalue weighted by Gasteiger charge is -2.32. The molecule has 1 atom stereocenters. The van der Waals surface area contributed by atoms with Crippen LogP contribution in [0.1, 0.15) is 50.7 Å². The topological polar surface area (TPSA) is 66.8 Å². The number of carboxylic acids is 1. The maximum atomic E-state index is 13.4. The van der Waals surface area contributed by atoms with Crippen molar-refractivity contribution in [2.75, 3.05) is 13.1 Å². The molecular formula is C20H26FNO4. The normalized spacial score (nSPS) is 16.0. The minimum absolute atomic E-state index is 0.0647. The van der Waals surface area contributed by atoms with Gasteiger partial charge in [0.05, 0.1) is 6.42 Å². The molecule has 26 heavy (non-hydrogen) atoms. The molecule has 1 heterocycles. The van der Waals surface area contributed by atoms with Crippen LogP contribution in [0.5, 0.6) is 0 Å². The lowest BCUT2D eigenvalue weighted by molar-refractivity contribution is -0.137. The summed E-state index contributed by atoms with van der Waals surface area (Å²) in [6.45, 7) is 8.07. The van der Waals surface area contributed by atoms with Crippen molar-refractivity contribution in [2.24, 2.45) is 0 Å². The molecule has 1 N–H and O–H groups in total. The van der Waals surface area contributed by atoms with E-state index in [2.05, 4.69) is 0 Å². The minimum atomic E-state index is -0.908. The Morgan fingerprint density at radius 1 is 1.35 bits per heavy atom. The standard InChI is InChI=1S/C20H26FNO4/c1-13-11-15(21)5-6-16(13)17(12-18(23)24)14-7-9-22(10-8-14)19(25)26-20(2,3)4/h5-7,11,17H,8-10,12H2,1-4H3,(H,23,24). The highest BCUT2D eigenvalue weighted by atomic mass is 19.1. The maximum Gasteiger partial charge on any atom is 0.410 e. The highest BCUT2D eigenvalue weighted by Crippen LogP contribution is 2.34. The van der Waals surface area contributed by atoms with Crippen LogP contribution >= 0.6 is 0 Å². The van der Waals surface area contributed by atoms with E-state index in [0.29, 0.717) is 19.5 Å². The van der Waals surface area contributed by atoms with Crippen molar-refractivity contribution in [1.29, 1.82) is 0 Å². The Hall–Kier alpha value is -2.37. The van der Waals surface area contributed by atoms with Gasteiger partial charge >= 0.3 is 12.1 Å². The lowest BCUT2D eigenvalue weighted by atomic mass is 9.83. The van der Waals surface area contributed by atoms with Crippen LogP contribution in [0.2, 0.25) is 0 Å². The number of amides is 1. The van der Waals surface area contributed by atoms with E-state index < -0.39 is 11.6 Å². The first-order chi connectivity index (χ1) is 12.1. The Labute approximate surface area is 153 Å². The molecule has 0 fully saturated rings. The van der Waals surface area contributed by atoms with Crippen LogP contribution in [0.15, 0.2) is 29.8 Å². The van der Waals surface area contributed by atoms with Crippen molar-refractivity contribution in [3.8, 4) is 0 Å². The highest BCUT2D eigenvalue weighted by Gasteiger charge is 2.28. The van der Waals surface area contributed by atoms with Gasteiger partial charge in [-0.2, -0.15) is 0 Å². The molecule has 0 aliphatic carbocycles. The van der Waals surface area contributed by atoms with E-state index in [-0.39, 0.29) is 24.2 Å². The minimum Gasteiger partial charge on any atom is -0.481 e. The average Bonchev–Trinajstić information content (AvgIpc) is 2.51. The second-order valence-corrected chi connectivity index (χ2v) is 7.61. The number of aliphatic carboxylic acids is 1. The van der Waals surface area contributed by atoms with Crippen molar-refractivity contribution >= 4 is 12.1 Å². The number of benzene rings is 1. The van der Waals surface area contributed by atoms with Gasteiger partial charge in [0.25, 0.3) is 0 Å². The van der Waals surface area contributed by atoms with Gasteiger partial charge in [-0.25, -0.2) is 9.18 Å². The van der Waals surface area contributed by atoms with Crippen molar-refractivity contribution in [2.45, 2.75) is 52.1 Å². The molecule has 0 spiro atoms. The Kier molecular flexibility index (Phi) is 6.05. The second-order valence-electron chi connectivity index (χ2n) is 7.61. The third kappa shape index (κ3) is 5.31. The predicted octanol–water partition coefficient (Wildman–Crippen LogP) is 4.26. The van der Waals surface area contributed by atoms with Crippen LogP contribution in [0.25, 0.3) is 0 Å². The zero-order chi connectivity index (χ0) is 19.5. The number of rotatable bonds is 4. The van der Waals surface area contributed by atoms with Crippen LogP contribution in [-0.2, 0) is 9.53 Å². The zero-order valence-electron chi connectivity index (χ0n) is 15.7. The molecule has 0 radical (unpaired) electrons. The number of carboxylic acid groups (broad SMARTS) is 1. The quantitative estimate of drug-likeness (QED) is 0.812. The predicted molar refractivity (Wildman–Crippen MR) is 96.6 cm³/mol. The van der Waals surface area contributed by atoms with Crippen LogP contribution in [0, 0.1) is 12.7 Å². The van der Waals surface area contributed by atoms with E-state index in [1.54, 1.807) is 17.9 Å². The fraction of sp³-hybridized carbons (Fsp3) is 0.500. The van der Waals surface area contributed by atoms with Gasteiger partial charge in [0.1, 0.15) is 11.4 Å². The summed E-state index contributed by atoms with van der Waals surface area (Å²) in [6.07, 6.45) is 2.02. The van der Waals surface area contributed by atoms with Crippen molar-refractivity contribution in [3.05, 3.63) is 46.8 Å². The number of carbonyl (C=O) groups excluding carboxylic acids is 1. The Morgan fingerprint density at radius 2 is 2.04 bits per heavy atom. The van der Waals surface area contributed by atoms with E-state index in [0.717, 1.165) is 16.7 Å². The molecule has 1 aliphatic heterocycles. The number of nitrogens with zero attached hydrogens (tertiary/aromatic N) is 1. The summed E-state index contributed by atoms with van der Waals surface area (Å²) >= 11 is 0. The summed E-state index contributed by atoms with van der Waals surface area (Å²) < 4.78 is 18.8. The number of ether oxygens (including phenoxy) is 1. The Bertz CT molecular complexity index is 721. The molecule has 1 aliphatic rings. The zero-order valence-corrected chi connectivity index (χ0v) is 15.7. The van der Waals surface area contributed by atoms with Crippen molar-refractivity contribution in [1.82, 2.24) is 4.90 Å². The molecule has 142 valence electrons. The molecule has 0 bridgehead atoms. The molecule has 1 unspecified atom stereocenters. The fourth-order valence-electron chi connectivity index (χ4n) is 3.14. The number of hydrogen-bond acceptors (Lipinski definition) is 3. The first-order valence-corrected chi connectivity index (χ1v) is 8.71. The van der Waals surface area contributed by atoms with Gasteiger partial charge in [-0.3, -0.25) is 4.79 Å². The first-order valence-electron chi connectivity index (χ1n) is 8.71. The molecule has 1 amide bonds. The average molecular weight is 363 g/mol. The van der Waals surface area contributed by atoms with E-state index >= 15 is 0 Å². The third-order valence-corrected chi connectivity index (χ3v) is 4.33. The van der Waals surface area contributed by atoms with E-state index in [4.69, 9.17) is 4.74 Å². The summed E-state index contributed by atoms with van der Waals surface area (Å²) in [5.41, 5.74) is 1.94. The summed E-state index contributed by atoms with van der Waals surface area (Å²) in [7, 11) is 0. The summed E-state index contributed by atoms with van der Waals surface area (Å²) in [6, 6.07) is 4.42. The number of halogens is 1. The molecular weight excluding hydrogens is 337 g/mol. The third-order valence-electron chi connectivity index (χ3n) is 4.33. The molecule has 1 aromatic carbocycles. The van der Waals surface area contributed by atoms with Gasteiger partial charge in [-0.15, -0.1) is 0 Å². The SMILES string of the molecule is Cc1cc(F)ccc1C(CC(=O)O)C1=CCN(C(=O)OC(C)(C)C)CC1. The first kappa shape index (κ1) is 19.9. The number of aryl methyl sites for hydroxylation is 1. The Morgan fingerprint density at radius 3 is 2.54 bits per heavy atom. The number of hydrogen-bond donors (Lipinski definition) is 1. The van der Waals surface area contributed by atoms with Crippen molar-refractivity contribution < 1.29 is 23.8 Å². The van der Waals surface area contributed by atoms with Gasteiger partial charge in [0.2, 0.25) is 0 Å². The molecule has 6 heteroatoms. The molecule has 0 saturated carbocycles. The molecule has 5 nitrogen and oxygen atoms in total. The van der Waals surface area contributed by atoms with Gasteiger partial charge in [0.15, 0.2) is 0 Å². The molecule has 1 aromatic rings. The van der Waals surface area contributed by atoms with Crippen LogP contribution in [-0.4, -0.2) is 40.8 Å². The summed E-state index contributed by atoms with van der Waals surface area (Å²) in [5.74, 6) is -1.57. The van der Waals surface area contributed by atoms with Crippen molar-refractivity contribution in [3.63, 3.8) is 0 Å². The lowest BCUT2D eigenvalue weighted by Crippen LogP contribution is -2.39. The fourth-order valence-corrected chi connectivity index (χ4v) is 3.14. The number of carbonyl (C=O) groups is 2. The van der Waals surface area contributed by atoms with E-state index in [1.807, 2.05) is 26.8 Å². The highest BCUT2D eigenvalue weighted by molar-refractivity contribution is 5.70. The molecule has 0 saturated heterocycles. The summed E-state index contributed by atoms with van der Waals surface area (Å²) in [5, 5.41) is 9.30. The smallest absolute Gasteiger partial charge is 0.410 e. The van der Waals surface area contributed by atoms with Gasteiger partial charge in [-0.1, -0.05) is 17.7 Å². The van der Waals surface area contributed by atoms with E-state index in [1.165, 1.54) is 12.1 Å². The Balaban J connectivity index is 2.20. The van der Waals surface area contributed by atoms with Crippen LogP contribution < -0.4 is 0 Å². The van der Waals surface area contributed by atoms with Crippen LogP contribution in [0.3, 0.4) is 0 Å². The molecule has 0 aromatic heterocycles. The monoisotopic (exact) mass is 363 g/mol.